The highest BCUT2D eigenvalue weighted by Crippen LogP contribution is 2.17. The molecule has 0 saturated heterocycles. The van der Waals surface area contributed by atoms with E-state index in [1.54, 1.807) is 31.4 Å². The molecule has 0 aliphatic heterocycles. The van der Waals surface area contributed by atoms with Crippen LogP contribution in [0.15, 0.2) is 34.2 Å². The van der Waals surface area contributed by atoms with Gasteiger partial charge in [0.2, 0.25) is 10.8 Å². The number of imidazole rings is 1. The van der Waals surface area contributed by atoms with Gasteiger partial charge in [-0.2, -0.15) is 4.98 Å². The van der Waals surface area contributed by atoms with Gasteiger partial charge >= 0.3 is 5.69 Å². The van der Waals surface area contributed by atoms with Crippen molar-refractivity contribution in [2.75, 3.05) is 13.4 Å². The summed E-state index contributed by atoms with van der Waals surface area (Å²) in [5.74, 6) is 0.721. The third-order valence-corrected chi connectivity index (χ3v) is 3.34. The highest BCUT2D eigenvalue weighted by Gasteiger charge is 2.12. The summed E-state index contributed by atoms with van der Waals surface area (Å²) in [5.41, 5.74) is 1.21. The number of benzene rings is 1. The molecule has 1 aromatic carbocycles. The minimum atomic E-state index is -0.301. The van der Waals surface area contributed by atoms with E-state index in [9.17, 15) is 4.79 Å². The monoisotopic (exact) mass is 289 g/mol. The number of H-pyrrole nitrogens is 1. The van der Waals surface area contributed by atoms with Crippen molar-refractivity contribution >= 4 is 23.1 Å². The first-order valence-corrected chi connectivity index (χ1v) is 6.99. The van der Waals surface area contributed by atoms with E-state index in [2.05, 4.69) is 20.2 Å². The number of fused-ring (bicyclic) bond motifs is 1. The molecule has 2 heterocycles. The van der Waals surface area contributed by atoms with Crippen molar-refractivity contribution < 1.29 is 4.74 Å². The largest absolute Gasteiger partial charge is 0.497 e. The number of methoxy groups -OCH3 is 1. The zero-order chi connectivity index (χ0) is 14.1. The van der Waals surface area contributed by atoms with Gasteiger partial charge in [0.1, 0.15) is 5.75 Å². The molecule has 7 nitrogen and oxygen atoms in total. The molecule has 0 spiro atoms. The van der Waals surface area contributed by atoms with Crippen LogP contribution in [-0.2, 0) is 0 Å². The van der Waals surface area contributed by atoms with Crippen LogP contribution in [0.25, 0.3) is 17.0 Å². The molecule has 2 aromatic heterocycles. The molecule has 0 aliphatic rings. The van der Waals surface area contributed by atoms with Crippen molar-refractivity contribution in [1.82, 2.24) is 24.7 Å². The van der Waals surface area contributed by atoms with E-state index in [0.717, 1.165) is 5.75 Å². The Kier molecular flexibility index (Phi) is 3.15. The molecule has 1 N–H and O–H groups in total. The normalized spacial score (nSPS) is 10.9. The Morgan fingerprint density at radius 3 is 2.65 bits per heavy atom. The number of thioether (sulfide) groups is 1. The minimum absolute atomic E-state index is 0.301. The molecule has 8 heteroatoms. The Bertz CT molecular complexity index is 809. The van der Waals surface area contributed by atoms with E-state index in [1.165, 1.54) is 16.3 Å². The predicted octanol–water partition coefficient (Wildman–Crippen LogP) is 1.23. The van der Waals surface area contributed by atoms with Crippen LogP contribution in [0.3, 0.4) is 0 Å². The lowest BCUT2D eigenvalue weighted by Gasteiger charge is -2.04. The fourth-order valence-corrected chi connectivity index (χ4v) is 2.15. The Morgan fingerprint density at radius 2 is 2.00 bits per heavy atom. The predicted molar refractivity (Wildman–Crippen MR) is 75.6 cm³/mol. The second-order valence-electron chi connectivity index (χ2n) is 3.93. The third kappa shape index (κ3) is 2.03. The number of rotatable bonds is 3. The maximum atomic E-state index is 12.1. The van der Waals surface area contributed by atoms with Crippen LogP contribution in [0.4, 0.5) is 0 Å². The SMILES string of the molecule is COc1ccc(-n2c(=O)[nH]c3nnc(SC)nc32)cc1. The van der Waals surface area contributed by atoms with Gasteiger partial charge in [-0.1, -0.05) is 11.8 Å². The number of ether oxygens (including phenoxy) is 1. The molecule has 0 amide bonds. The van der Waals surface area contributed by atoms with Gasteiger partial charge in [-0.3, -0.25) is 4.98 Å². The molecule has 0 unspecified atom stereocenters. The molecule has 0 aliphatic carbocycles. The number of nitrogens with zero attached hydrogens (tertiary/aromatic N) is 4. The summed E-state index contributed by atoms with van der Waals surface area (Å²) in [4.78, 5) is 19.0. The van der Waals surface area contributed by atoms with E-state index in [0.29, 0.717) is 22.1 Å². The molecule has 3 aromatic rings. The average molecular weight is 289 g/mol. The Balaban J connectivity index is 2.23. The lowest BCUT2D eigenvalue weighted by molar-refractivity contribution is 0.414. The van der Waals surface area contributed by atoms with E-state index in [1.807, 2.05) is 6.26 Å². The van der Waals surface area contributed by atoms with Gasteiger partial charge < -0.3 is 4.74 Å². The van der Waals surface area contributed by atoms with Crippen molar-refractivity contribution in [2.24, 2.45) is 0 Å². The molecule has 20 heavy (non-hydrogen) atoms. The first kappa shape index (κ1) is 12.7. The second-order valence-corrected chi connectivity index (χ2v) is 4.71. The van der Waals surface area contributed by atoms with E-state index in [4.69, 9.17) is 4.74 Å². The third-order valence-electron chi connectivity index (χ3n) is 2.80. The van der Waals surface area contributed by atoms with Crippen molar-refractivity contribution in [3.8, 4) is 11.4 Å². The zero-order valence-corrected chi connectivity index (χ0v) is 11.6. The van der Waals surface area contributed by atoms with Crippen molar-refractivity contribution in [3.05, 3.63) is 34.7 Å². The summed E-state index contributed by atoms with van der Waals surface area (Å²) >= 11 is 1.37. The first-order chi connectivity index (χ1) is 9.72. The lowest BCUT2D eigenvalue weighted by atomic mass is 10.3. The number of hydrogen-bond acceptors (Lipinski definition) is 6. The Hall–Kier alpha value is -2.35. The molecule has 102 valence electrons. The van der Waals surface area contributed by atoms with Crippen molar-refractivity contribution in [3.63, 3.8) is 0 Å². The smallest absolute Gasteiger partial charge is 0.333 e. The molecular formula is C12H11N5O2S. The quantitative estimate of drug-likeness (QED) is 0.730. The van der Waals surface area contributed by atoms with Gasteiger partial charge in [0.05, 0.1) is 12.8 Å². The van der Waals surface area contributed by atoms with Gasteiger partial charge in [-0.05, 0) is 30.5 Å². The van der Waals surface area contributed by atoms with E-state index < -0.39 is 0 Å². The average Bonchev–Trinajstić information content (AvgIpc) is 2.82. The summed E-state index contributed by atoms with van der Waals surface area (Å²) in [6.45, 7) is 0. The fraction of sp³-hybridized carbons (Fsp3) is 0.167. The maximum absolute atomic E-state index is 12.1. The molecular weight excluding hydrogens is 278 g/mol. The highest BCUT2D eigenvalue weighted by molar-refractivity contribution is 7.98. The molecule has 0 saturated carbocycles. The Labute approximate surface area is 118 Å². The molecule has 0 bridgehead atoms. The van der Waals surface area contributed by atoms with Crippen molar-refractivity contribution in [1.29, 1.82) is 0 Å². The lowest BCUT2D eigenvalue weighted by Crippen LogP contribution is -2.14. The number of hydrogen-bond donors (Lipinski definition) is 1. The summed E-state index contributed by atoms with van der Waals surface area (Å²) in [6.07, 6.45) is 1.85. The molecule has 0 atom stereocenters. The zero-order valence-electron chi connectivity index (χ0n) is 10.8. The van der Waals surface area contributed by atoms with E-state index in [-0.39, 0.29) is 5.69 Å². The van der Waals surface area contributed by atoms with Crippen LogP contribution >= 0.6 is 11.8 Å². The second kappa shape index (κ2) is 4.97. The van der Waals surface area contributed by atoms with Crippen LogP contribution in [0.1, 0.15) is 0 Å². The summed E-state index contributed by atoms with van der Waals surface area (Å²) < 4.78 is 6.57. The maximum Gasteiger partial charge on any atom is 0.333 e. The van der Waals surface area contributed by atoms with Crippen molar-refractivity contribution in [2.45, 2.75) is 5.16 Å². The van der Waals surface area contributed by atoms with Gasteiger partial charge in [0, 0.05) is 0 Å². The number of aromatic amines is 1. The van der Waals surface area contributed by atoms with Crippen LogP contribution in [0, 0.1) is 0 Å². The first-order valence-electron chi connectivity index (χ1n) is 5.77. The van der Waals surface area contributed by atoms with Crippen LogP contribution in [-0.4, -0.2) is 38.1 Å². The van der Waals surface area contributed by atoms with Gasteiger partial charge in [-0.25, -0.2) is 9.36 Å². The van der Waals surface area contributed by atoms with E-state index >= 15 is 0 Å². The summed E-state index contributed by atoms with van der Waals surface area (Å²) in [5, 5.41) is 8.37. The fourth-order valence-electron chi connectivity index (χ4n) is 1.85. The standard InChI is InChI=1S/C12H11N5O2S/c1-19-8-5-3-7(4-6-8)17-10-9(13-12(17)18)15-16-11(14-10)20-2/h3-6H,1-2H3,(H,13,15,18). The van der Waals surface area contributed by atoms with Crippen LogP contribution in [0.2, 0.25) is 0 Å². The minimum Gasteiger partial charge on any atom is -0.497 e. The number of nitrogens with one attached hydrogen (secondary N) is 1. The highest BCUT2D eigenvalue weighted by atomic mass is 32.2. The summed E-state index contributed by atoms with van der Waals surface area (Å²) in [6, 6.07) is 7.14. The van der Waals surface area contributed by atoms with Gasteiger partial charge in [0.25, 0.3) is 0 Å². The molecule has 0 radical (unpaired) electrons. The molecule has 0 fully saturated rings. The van der Waals surface area contributed by atoms with Crippen LogP contribution in [0.5, 0.6) is 5.75 Å². The van der Waals surface area contributed by atoms with Crippen LogP contribution < -0.4 is 10.4 Å². The summed E-state index contributed by atoms with van der Waals surface area (Å²) in [7, 11) is 1.59. The Morgan fingerprint density at radius 1 is 1.25 bits per heavy atom. The van der Waals surface area contributed by atoms with Gasteiger partial charge in [-0.15, -0.1) is 10.2 Å². The molecule has 3 rings (SSSR count). The topological polar surface area (TPSA) is 85.7 Å². The number of aromatic nitrogens is 5. The van der Waals surface area contributed by atoms with Gasteiger partial charge in [0.15, 0.2) is 5.65 Å².